The molecule has 0 atom stereocenters. The molecule has 0 saturated heterocycles. The third-order valence-corrected chi connectivity index (χ3v) is 11.9. The first-order chi connectivity index (χ1) is 24.8. The van der Waals surface area contributed by atoms with Gasteiger partial charge >= 0.3 is 0 Å². The molecule has 240 valence electrons. The third kappa shape index (κ3) is 4.15. The van der Waals surface area contributed by atoms with Gasteiger partial charge in [-0.05, 0) is 134 Å². The van der Waals surface area contributed by atoms with Gasteiger partial charge in [0.1, 0.15) is 0 Å². The maximum atomic E-state index is 2.70. The molecular weight excluding hydrogens is 605 g/mol. The van der Waals surface area contributed by atoms with Crippen molar-refractivity contribution in [3.63, 3.8) is 0 Å². The average Bonchev–Trinajstić information content (AvgIpc) is 3.69. The van der Waals surface area contributed by atoms with Crippen LogP contribution in [0.4, 0.5) is 11.4 Å². The molecule has 8 aromatic rings. The Hall–Kier alpha value is -5.60. The molecule has 0 bridgehead atoms. The summed E-state index contributed by atoms with van der Waals surface area (Å²) in [4.78, 5) is 2.70. The average molecular weight is 643 g/mol. The number of aryl methyl sites for hydroxylation is 1. The lowest BCUT2D eigenvalue weighted by Gasteiger charge is -2.36. The van der Waals surface area contributed by atoms with Crippen molar-refractivity contribution in [1.82, 2.24) is 4.57 Å². The van der Waals surface area contributed by atoms with Crippen molar-refractivity contribution in [1.29, 1.82) is 0 Å². The summed E-state index contributed by atoms with van der Waals surface area (Å²) < 4.78 is 2.53. The van der Waals surface area contributed by atoms with E-state index in [1.807, 2.05) is 0 Å². The van der Waals surface area contributed by atoms with Crippen LogP contribution in [0.2, 0.25) is 0 Å². The molecule has 50 heavy (non-hydrogen) atoms. The van der Waals surface area contributed by atoms with E-state index in [1.54, 1.807) is 0 Å². The molecule has 0 spiro atoms. The number of nitrogens with zero attached hydrogens (tertiary/aromatic N) is 2. The van der Waals surface area contributed by atoms with Crippen molar-refractivity contribution in [3.05, 3.63) is 145 Å². The number of hydrogen-bond donors (Lipinski definition) is 0. The van der Waals surface area contributed by atoms with E-state index in [4.69, 9.17) is 0 Å². The highest BCUT2D eigenvalue weighted by atomic mass is 15.2. The zero-order chi connectivity index (χ0) is 32.8. The molecule has 1 aromatic heterocycles. The van der Waals surface area contributed by atoms with Crippen LogP contribution in [0, 0.1) is 0 Å². The summed E-state index contributed by atoms with van der Waals surface area (Å²) in [6.07, 6.45) is 13.2. The van der Waals surface area contributed by atoms with Gasteiger partial charge in [-0.15, -0.1) is 0 Å². The molecule has 1 fully saturated rings. The van der Waals surface area contributed by atoms with E-state index < -0.39 is 0 Å². The Morgan fingerprint density at radius 1 is 0.560 bits per heavy atom. The minimum atomic E-state index is 0.471. The van der Waals surface area contributed by atoms with Gasteiger partial charge in [-0.25, -0.2) is 0 Å². The summed E-state index contributed by atoms with van der Waals surface area (Å²) >= 11 is 0. The molecule has 1 heterocycles. The van der Waals surface area contributed by atoms with Gasteiger partial charge in [-0.1, -0.05) is 110 Å². The Labute approximate surface area is 292 Å². The number of rotatable bonds is 4. The first-order valence-electron chi connectivity index (χ1n) is 18.5. The smallest absolute Gasteiger partial charge is 0.0558 e. The minimum absolute atomic E-state index is 0.471. The molecule has 0 radical (unpaired) electrons. The summed E-state index contributed by atoms with van der Waals surface area (Å²) in [7, 11) is 0. The second kappa shape index (κ2) is 11.0. The number of benzene rings is 7. The highest BCUT2D eigenvalue weighted by Crippen LogP contribution is 2.52. The fourth-order valence-electron chi connectivity index (χ4n) is 9.63. The van der Waals surface area contributed by atoms with Crippen molar-refractivity contribution in [2.75, 3.05) is 4.90 Å². The monoisotopic (exact) mass is 642 g/mol. The molecule has 3 aliphatic carbocycles. The molecule has 3 aliphatic rings. The Morgan fingerprint density at radius 3 is 2.28 bits per heavy atom. The Morgan fingerprint density at radius 2 is 1.36 bits per heavy atom. The fourth-order valence-corrected chi connectivity index (χ4v) is 9.63. The third-order valence-electron chi connectivity index (χ3n) is 11.9. The van der Waals surface area contributed by atoms with Crippen molar-refractivity contribution in [2.24, 2.45) is 0 Å². The van der Waals surface area contributed by atoms with E-state index in [9.17, 15) is 0 Å². The van der Waals surface area contributed by atoms with Crippen LogP contribution in [0.5, 0.6) is 0 Å². The molecule has 2 heteroatoms. The standard InChI is InChI=1S/C48H38N2/c1-2-15-35(16-3-1)49(37-24-26-43-44(29-37)42-19-10-14-34-27-33-13-6-7-17-39(33)48(43)47(34)42)38-23-25-41-40-18-8-9-20-45(40)50(46(41)30-38)36-22-21-31-11-4-5-12-32(31)28-36/h4-7,9-14,17,19-30,35H,1-3,8,15-16,18H2. The SMILES string of the molecule is C1=Cc2c(c3ccc(N(c4ccc5c(c4)-c4cccc6cc7ccccc7c-5c46)C4CCCCC4)cc3n2-c2ccc3ccccc3c2)CC1. The summed E-state index contributed by atoms with van der Waals surface area (Å²) in [6, 6.07) is 48.9. The summed E-state index contributed by atoms with van der Waals surface area (Å²) in [5, 5.41) is 9.33. The topological polar surface area (TPSA) is 8.17 Å². The predicted octanol–water partition coefficient (Wildman–Crippen LogP) is 13.2. The molecule has 11 rings (SSSR count). The largest absolute Gasteiger partial charge is 0.338 e. The van der Waals surface area contributed by atoms with Crippen molar-refractivity contribution >= 4 is 60.7 Å². The predicted molar refractivity (Wildman–Crippen MR) is 213 cm³/mol. The first-order valence-corrected chi connectivity index (χ1v) is 18.5. The second-order valence-corrected chi connectivity index (χ2v) is 14.6. The lowest BCUT2D eigenvalue weighted by atomic mass is 9.92. The van der Waals surface area contributed by atoms with Gasteiger partial charge in [-0.3, -0.25) is 0 Å². The van der Waals surface area contributed by atoms with Crippen LogP contribution in [0.25, 0.3) is 77.2 Å². The van der Waals surface area contributed by atoms with Crippen LogP contribution in [0.1, 0.15) is 49.8 Å². The molecule has 1 saturated carbocycles. The van der Waals surface area contributed by atoms with E-state index in [1.165, 1.54) is 126 Å². The highest BCUT2D eigenvalue weighted by molar-refractivity contribution is 6.24. The van der Waals surface area contributed by atoms with Crippen LogP contribution in [-0.2, 0) is 6.42 Å². The molecule has 7 aromatic carbocycles. The summed E-state index contributed by atoms with van der Waals surface area (Å²) in [6.45, 7) is 0. The molecule has 0 aliphatic heterocycles. The van der Waals surface area contributed by atoms with E-state index >= 15 is 0 Å². The van der Waals surface area contributed by atoms with Gasteiger partial charge < -0.3 is 9.47 Å². The van der Waals surface area contributed by atoms with Crippen LogP contribution in [0.3, 0.4) is 0 Å². The first kappa shape index (κ1) is 28.3. The maximum Gasteiger partial charge on any atom is 0.0558 e. The Bertz CT molecular complexity index is 2700. The molecule has 0 N–H and O–H groups in total. The number of aromatic nitrogens is 1. The Kier molecular flexibility index (Phi) is 6.19. The van der Waals surface area contributed by atoms with Gasteiger partial charge in [-0.2, -0.15) is 0 Å². The summed E-state index contributed by atoms with van der Waals surface area (Å²) in [5.74, 6) is 0. The van der Waals surface area contributed by atoms with E-state index in [2.05, 4.69) is 149 Å². The van der Waals surface area contributed by atoms with Crippen LogP contribution in [-0.4, -0.2) is 10.6 Å². The molecule has 2 nitrogen and oxygen atoms in total. The van der Waals surface area contributed by atoms with E-state index in [-0.39, 0.29) is 0 Å². The fraction of sp³-hybridized carbons (Fsp3) is 0.167. The normalized spacial score (nSPS) is 15.3. The Balaban J connectivity index is 1.12. The van der Waals surface area contributed by atoms with Gasteiger partial charge in [0.05, 0.1) is 5.52 Å². The van der Waals surface area contributed by atoms with E-state index in [0.717, 1.165) is 12.8 Å². The highest BCUT2D eigenvalue weighted by Gasteiger charge is 2.29. The zero-order valence-electron chi connectivity index (χ0n) is 28.2. The lowest BCUT2D eigenvalue weighted by molar-refractivity contribution is 0.436. The quantitative estimate of drug-likeness (QED) is 0.173. The van der Waals surface area contributed by atoms with Gasteiger partial charge in [0.25, 0.3) is 0 Å². The minimum Gasteiger partial charge on any atom is -0.338 e. The maximum absolute atomic E-state index is 2.70. The zero-order valence-corrected chi connectivity index (χ0v) is 28.2. The number of hydrogen-bond acceptors (Lipinski definition) is 1. The summed E-state index contributed by atoms with van der Waals surface area (Å²) in [5.41, 5.74) is 13.4. The lowest BCUT2D eigenvalue weighted by Crippen LogP contribution is -2.33. The molecular formula is C48H38N2. The number of allylic oxidation sites excluding steroid dienone is 1. The van der Waals surface area contributed by atoms with Gasteiger partial charge in [0, 0.05) is 34.2 Å². The van der Waals surface area contributed by atoms with E-state index in [0.29, 0.717) is 6.04 Å². The number of anilines is 2. The van der Waals surface area contributed by atoms with Gasteiger partial charge in [0.15, 0.2) is 0 Å². The number of fused-ring (bicyclic) bond motifs is 9. The van der Waals surface area contributed by atoms with Gasteiger partial charge in [0.2, 0.25) is 0 Å². The van der Waals surface area contributed by atoms with Crippen molar-refractivity contribution < 1.29 is 0 Å². The molecule has 0 amide bonds. The van der Waals surface area contributed by atoms with Crippen LogP contribution >= 0.6 is 0 Å². The molecule has 0 unspecified atom stereocenters. The second-order valence-electron chi connectivity index (χ2n) is 14.6. The van der Waals surface area contributed by atoms with Crippen LogP contribution < -0.4 is 4.90 Å². The van der Waals surface area contributed by atoms with Crippen molar-refractivity contribution in [3.8, 4) is 27.9 Å². The van der Waals surface area contributed by atoms with Crippen molar-refractivity contribution in [2.45, 2.75) is 51.0 Å². The van der Waals surface area contributed by atoms with Crippen LogP contribution in [0.15, 0.2) is 133 Å².